The molecule has 0 aliphatic carbocycles. The topological polar surface area (TPSA) is 12.0 Å². The van der Waals surface area contributed by atoms with Gasteiger partial charge in [-0.3, -0.25) is 0 Å². The molecule has 1 nitrogen and oxygen atoms in total. The van der Waals surface area contributed by atoms with Crippen LogP contribution in [0.1, 0.15) is 18.0 Å². The minimum absolute atomic E-state index is 0. The van der Waals surface area contributed by atoms with E-state index in [-0.39, 0.29) is 12.4 Å². The van der Waals surface area contributed by atoms with Crippen LogP contribution in [0.3, 0.4) is 0 Å². The van der Waals surface area contributed by atoms with E-state index in [4.69, 9.17) is 0 Å². The van der Waals surface area contributed by atoms with E-state index < -0.39 is 0 Å². The van der Waals surface area contributed by atoms with Gasteiger partial charge >= 0.3 is 0 Å². The maximum Gasteiger partial charge on any atom is 0.0338 e. The summed E-state index contributed by atoms with van der Waals surface area (Å²) < 4.78 is 0. The van der Waals surface area contributed by atoms with Crippen LogP contribution in [0.5, 0.6) is 0 Å². The van der Waals surface area contributed by atoms with E-state index >= 15 is 0 Å². The summed E-state index contributed by atoms with van der Waals surface area (Å²) in [5.41, 5.74) is 1.45. The maximum atomic E-state index is 3.45. The zero-order valence-corrected chi connectivity index (χ0v) is 9.26. The van der Waals surface area contributed by atoms with Gasteiger partial charge in [-0.25, -0.2) is 0 Å². The second-order valence-corrected chi connectivity index (χ2v) is 3.86. The van der Waals surface area contributed by atoms with E-state index in [0.29, 0.717) is 6.04 Å². The fourth-order valence-electron chi connectivity index (χ4n) is 2.11. The van der Waals surface area contributed by atoms with Crippen molar-refractivity contribution < 1.29 is 0 Å². The highest BCUT2D eigenvalue weighted by Gasteiger charge is 2.19. The molecule has 0 radical (unpaired) electrons. The molecule has 2 aromatic rings. The SMILES string of the molecule is Cl.c1ccc2c([C@H]3CCN3)cccc2c1. The van der Waals surface area contributed by atoms with Gasteiger partial charge in [0.05, 0.1) is 0 Å². The molecule has 2 heteroatoms. The Kier molecular flexibility index (Phi) is 2.94. The Balaban J connectivity index is 0.000000853. The predicted octanol–water partition coefficient (Wildman–Crippen LogP) is 3.30. The van der Waals surface area contributed by atoms with Crippen molar-refractivity contribution in [3.63, 3.8) is 0 Å². The van der Waals surface area contributed by atoms with Crippen molar-refractivity contribution in [2.45, 2.75) is 12.5 Å². The van der Waals surface area contributed by atoms with Crippen LogP contribution in [0.15, 0.2) is 42.5 Å². The quantitative estimate of drug-likeness (QED) is 0.776. The summed E-state index contributed by atoms with van der Waals surface area (Å²) in [5.74, 6) is 0. The molecule has 2 aromatic carbocycles. The van der Waals surface area contributed by atoms with Crippen molar-refractivity contribution in [1.29, 1.82) is 0 Å². The standard InChI is InChI=1S/C13H13N.ClH/c1-2-6-11-10(4-1)5-3-7-12(11)13-8-9-14-13;/h1-7,13-14H,8-9H2;1H/t13-;/m1./s1. The maximum absolute atomic E-state index is 3.45. The molecule has 1 heterocycles. The van der Waals surface area contributed by atoms with E-state index in [9.17, 15) is 0 Å². The summed E-state index contributed by atoms with van der Waals surface area (Å²) in [6.45, 7) is 1.16. The van der Waals surface area contributed by atoms with Gasteiger partial charge in [-0.05, 0) is 29.3 Å². The Morgan fingerprint density at radius 1 is 1.00 bits per heavy atom. The van der Waals surface area contributed by atoms with E-state index in [1.165, 1.54) is 22.8 Å². The number of fused-ring (bicyclic) bond motifs is 1. The fourth-order valence-corrected chi connectivity index (χ4v) is 2.11. The number of hydrogen-bond acceptors (Lipinski definition) is 1. The number of benzene rings is 2. The molecule has 0 amide bonds. The molecule has 1 aliphatic rings. The van der Waals surface area contributed by atoms with Gasteiger partial charge < -0.3 is 5.32 Å². The third-order valence-corrected chi connectivity index (χ3v) is 3.02. The van der Waals surface area contributed by atoms with E-state index in [1.807, 2.05) is 0 Å². The predicted molar refractivity (Wildman–Crippen MR) is 66.6 cm³/mol. The van der Waals surface area contributed by atoms with Crippen molar-refractivity contribution in [2.24, 2.45) is 0 Å². The molecule has 3 rings (SSSR count). The van der Waals surface area contributed by atoms with Gasteiger partial charge in [0.1, 0.15) is 0 Å². The average molecular weight is 220 g/mol. The van der Waals surface area contributed by atoms with Gasteiger partial charge in [0.25, 0.3) is 0 Å². The molecule has 1 fully saturated rings. The van der Waals surface area contributed by atoms with Gasteiger partial charge in [0, 0.05) is 6.04 Å². The Hall–Kier alpha value is -1.05. The Labute approximate surface area is 95.9 Å². The Morgan fingerprint density at radius 3 is 2.47 bits per heavy atom. The highest BCUT2D eigenvalue weighted by molar-refractivity contribution is 5.86. The summed E-state index contributed by atoms with van der Waals surface area (Å²) in [6, 6.07) is 15.8. The van der Waals surface area contributed by atoms with Crippen LogP contribution < -0.4 is 5.32 Å². The fraction of sp³-hybridized carbons (Fsp3) is 0.231. The lowest BCUT2D eigenvalue weighted by atomic mass is 9.93. The average Bonchev–Trinajstić information content (AvgIpc) is 2.16. The molecule has 1 atom stereocenters. The molecule has 1 N–H and O–H groups in total. The first-order valence-electron chi connectivity index (χ1n) is 5.16. The highest BCUT2D eigenvalue weighted by atomic mass is 35.5. The molecule has 0 unspecified atom stereocenters. The lowest BCUT2D eigenvalue weighted by Crippen LogP contribution is -2.34. The second-order valence-electron chi connectivity index (χ2n) is 3.86. The van der Waals surface area contributed by atoms with Gasteiger partial charge in [-0.1, -0.05) is 42.5 Å². The van der Waals surface area contributed by atoms with Gasteiger partial charge in [-0.15, -0.1) is 12.4 Å². The van der Waals surface area contributed by atoms with Crippen LogP contribution in [0, 0.1) is 0 Å². The lowest BCUT2D eigenvalue weighted by molar-refractivity contribution is 0.385. The highest BCUT2D eigenvalue weighted by Crippen LogP contribution is 2.29. The molecule has 0 spiro atoms. The molecule has 1 saturated heterocycles. The number of halogens is 1. The van der Waals surface area contributed by atoms with Crippen LogP contribution in [0.4, 0.5) is 0 Å². The van der Waals surface area contributed by atoms with Crippen molar-refractivity contribution in [2.75, 3.05) is 6.54 Å². The molecule has 78 valence electrons. The van der Waals surface area contributed by atoms with Crippen molar-refractivity contribution >= 4 is 23.2 Å². The number of rotatable bonds is 1. The number of hydrogen-bond donors (Lipinski definition) is 1. The zero-order valence-electron chi connectivity index (χ0n) is 8.44. The number of nitrogens with one attached hydrogen (secondary N) is 1. The molecule has 0 saturated carbocycles. The molecule has 0 aromatic heterocycles. The van der Waals surface area contributed by atoms with E-state index in [0.717, 1.165) is 6.54 Å². The third kappa shape index (κ3) is 1.73. The zero-order chi connectivity index (χ0) is 9.38. The smallest absolute Gasteiger partial charge is 0.0338 e. The van der Waals surface area contributed by atoms with Gasteiger partial charge in [-0.2, -0.15) is 0 Å². The van der Waals surface area contributed by atoms with Crippen LogP contribution >= 0.6 is 12.4 Å². The summed E-state index contributed by atoms with van der Waals surface area (Å²) in [4.78, 5) is 0. The Bertz CT molecular complexity index is 458. The van der Waals surface area contributed by atoms with Crippen LogP contribution in [-0.2, 0) is 0 Å². The normalized spacial score (nSPS) is 19.3. The first-order valence-corrected chi connectivity index (χ1v) is 5.16. The summed E-state index contributed by atoms with van der Waals surface area (Å²) in [5, 5.41) is 6.20. The summed E-state index contributed by atoms with van der Waals surface area (Å²) in [6.07, 6.45) is 1.27. The van der Waals surface area contributed by atoms with Gasteiger partial charge in [0.15, 0.2) is 0 Å². The van der Waals surface area contributed by atoms with Gasteiger partial charge in [0.2, 0.25) is 0 Å². The minimum atomic E-state index is 0. The summed E-state index contributed by atoms with van der Waals surface area (Å²) >= 11 is 0. The third-order valence-electron chi connectivity index (χ3n) is 3.02. The first kappa shape index (κ1) is 10.5. The van der Waals surface area contributed by atoms with Crippen molar-refractivity contribution in [3.8, 4) is 0 Å². The monoisotopic (exact) mass is 219 g/mol. The molecular weight excluding hydrogens is 206 g/mol. The van der Waals surface area contributed by atoms with Crippen LogP contribution in [0.2, 0.25) is 0 Å². The van der Waals surface area contributed by atoms with Crippen LogP contribution in [0.25, 0.3) is 10.8 Å². The summed E-state index contributed by atoms with van der Waals surface area (Å²) in [7, 11) is 0. The van der Waals surface area contributed by atoms with Crippen molar-refractivity contribution in [1.82, 2.24) is 5.32 Å². The largest absolute Gasteiger partial charge is 0.310 e. The lowest BCUT2D eigenvalue weighted by Gasteiger charge is -2.29. The first-order chi connectivity index (χ1) is 6.95. The Morgan fingerprint density at radius 2 is 1.73 bits per heavy atom. The van der Waals surface area contributed by atoms with Crippen LogP contribution in [-0.4, -0.2) is 6.54 Å². The molecular formula is C13H14ClN. The minimum Gasteiger partial charge on any atom is -0.310 e. The molecule has 15 heavy (non-hydrogen) atoms. The van der Waals surface area contributed by atoms with E-state index in [2.05, 4.69) is 47.8 Å². The van der Waals surface area contributed by atoms with E-state index in [1.54, 1.807) is 0 Å². The molecule has 0 bridgehead atoms. The second kappa shape index (κ2) is 4.21. The van der Waals surface area contributed by atoms with Crippen molar-refractivity contribution in [3.05, 3.63) is 48.0 Å². The molecule has 1 aliphatic heterocycles.